The molecule has 1 unspecified atom stereocenters. The first-order valence-corrected chi connectivity index (χ1v) is 7.39. The van der Waals surface area contributed by atoms with Crippen LogP contribution in [0.5, 0.6) is 0 Å². The van der Waals surface area contributed by atoms with Crippen molar-refractivity contribution in [1.29, 1.82) is 0 Å². The van der Waals surface area contributed by atoms with Gasteiger partial charge in [0.2, 0.25) is 0 Å². The Balaban J connectivity index is 2.01. The van der Waals surface area contributed by atoms with Gasteiger partial charge in [0.05, 0.1) is 0 Å². The Bertz CT molecular complexity index is 492. The van der Waals surface area contributed by atoms with E-state index in [2.05, 4.69) is 6.92 Å². The Kier molecular flexibility index (Phi) is 4.76. The van der Waals surface area contributed by atoms with Gasteiger partial charge in [0, 0.05) is 37.4 Å². The molecule has 1 saturated heterocycles. The lowest BCUT2D eigenvalue weighted by atomic mass is 10.0. The molecule has 2 N–H and O–H groups in total. The van der Waals surface area contributed by atoms with Gasteiger partial charge in [-0.15, -0.1) is 0 Å². The van der Waals surface area contributed by atoms with Gasteiger partial charge in [0.15, 0.2) is 0 Å². The summed E-state index contributed by atoms with van der Waals surface area (Å²) in [7, 11) is 1.81. The first kappa shape index (κ1) is 15.0. The molecular weight excluding hydrogens is 274 g/mol. The van der Waals surface area contributed by atoms with Crippen LogP contribution in [0, 0.1) is 5.92 Å². The second-order valence-corrected chi connectivity index (χ2v) is 6.09. The van der Waals surface area contributed by atoms with Gasteiger partial charge >= 0.3 is 6.03 Å². The standard InChI is InChI=1S/C15H22ClN3O/c1-11-4-3-7-19(9-11)15(20)18(2)10-12-8-13(17)5-6-14(12)16/h5-6,8,11H,3-4,7,9-10,17H2,1-2H3. The van der Waals surface area contributed by atoms with Crippen LogP contribution in [0.4, 0.5) is 10.5 Å². The number of rotatable bonds is 2. The van der Waals surface area contributed by atoms with Gasteiger partial charge < -0.3 is 15.5 Å². The summed E-state index contributed by atoms with van der Waals surface area (Å²) in [5.41, 5.74) is 7.31. The molecule has 1 aliphatic heterocycles. The van der Waals surface area contributed by atoms with Gasteiger partial charge in [0.1, 0.15) is 0 Å². The van der Waals surface area contributed by atoms with Crippen LogP contribution < -0.4 is 5.73 Å². The van der Waals surface area contributed by atoms with E-state index in [0.717, 1.165) is 25.1 Å². The zero-order chi connectivity index (χ0) is 14.7. The smallest absolute Gasteiger partial charge is 0.320 e. The number of nitrogen functional groups attached to an aromatic ring is 1. The highest BCUT2D eigenvalue weighted by Crippen LogP contribution is 2.22. The number of nitrogens with two attached hydrogens (primary N) is 1. The van der Waals surface area contributed by atoms with Crippen LogP contribution in [0.1, 0.15) is 25.3 Å². The molecule has 1 aromatic rings. The van der Waals surface area contributed by atoms with Gasteiger partial charge in [-0.25, -0.2) is 4.79 Å². The van der Waals surface area contributed by atoms with Crippen LogP contribution in [0.15, 0.2) is 18.2 Å². The SMILES string of the molecule is CC1CCCN(C(=O)N(C)Cc2cc(N)ccc2Cl)C1. The van der Waals surface area contributed by atoms with Crippen molar-refractivity contribution in [3.8, 4) is 0 Å². The van der Waals surface area contributed by atoms with E-state index in [1.54, 1.807) is 24.1 Å². The lowest BCUT2D eigenvalue weighted by Crippen LogP contribution is -2.45. The summed E-state index contributed by atoms with van der Waals surface area (Å²) in [5.74, 6) is 0.581. The van der Waals surface area contributed by atoms with E-state index in [1.807, 2.05) is 11.0 Å². The number of carbonyl (C=O) groups is 1. The van der Waals surface area contributed by atoms with Crippen LogP contribution in [0.3, 0.4) is 0 Å². The highest BCUT2D eigenvalue weighted by atomic mass is 35.5. The molecule has 2 amide bonds. The summed E-state index contributed by atoms with van der Waals surface area (Å²) in [5, 5.41) is 0.644. The molecular formula is C15H22ClN3O. The number of nitrogens with zero attached hydrogens (tertiary/aromatic N) is 2. The Morgan fingerprint density at radius 2 is 2.30 bits per heavy atom. The Hall–Kier alpha value is -1.42. The summed E-state index contributed by atoms with van der Waals surface area (Å²) in [6.07, 6.45) is 2.29. The van der Waals surface area contributed by atoms with Gasteiger partial charge in [-0.1, -0.05) is 18.5 Å². The monoisotopic (exact) mass is 295 g/mol. The van der Waals surface area contributed by atoms with Crippen molar-refractivity contribution in [3.63, 3.8) is 0 Å². The first-order chi connectivity index (χ1) is 9.47. The molecule has 1 atom stereocenters. The molecule has 1 heterocycles. The van der Waals surface area contributed by atoms with Crippen molar-refractivity contribution in [2.45, 2.75) is 26.3 Å². The average molecular weight is 296 g/mol. The van der Waals surface area contributed by atoms with Gasteiger partial charge in [0.25, 0.3) is 0 Å². The molecule has 0 saturated carbocycles. The molecule has 1 aromatic carbocycles. The van der Waals surface area contributed by atoms with E-state index in [1.165, 1.54) is 6.42 Å². The first-order valence-electron chi connectivity index (χ1n) is 7.01. The maximum Gasteiger partial charge on any atom is 0.320 e. The Morgan fingerprint density at radius 3 is 3.00 bits per heavy atom. The van der Waals surface area contributed by atoms with E-state index in [0.29, 0.717) is 23.2 Å². The van der Waals surface area contributed by atoms with Gasteiger partial charge in [-0.05, 0) is 42.5 Å². The van der Waals surface area contributed by atoms with E-state index < -0.39 is 0 Å². The van der Waals surface area contributed by atoms with E-state index in [4.69, 9.17) is 17.3 Å². The average Bonchev–Trinajstić information content (AvgIpc) is 2.42. The lowest BCUT2D eigenvalue weighted by molar-refractivity contribution is 0.137. The van der Waals surface area contributed by atoms with Crippen molar-refractivity contribution in [3.05, 3.63) is 28.8 Å². The number of urea groups is 1. The quantitative estimate of drug-likeness (QED) is 0.852. The summed E-state index contributed by atoms with van der Waals surface area (Å²) < 4.78 is 0. The number of hydrogen-bond donors (Lipinski definition) is 1. The molecule has 5 heteroatoms. The molecule has 20 heavy (non-hydrogen) atoms. The molecule has 0 spiro atoms. The predicted molar refractivity (Wildman–Crippen MR) is 82.7 cm³/mol. The molecule has 1 aliphatic rings. The maximum atomic E-state index is 12.4. The number of hydrogen-bond acceptors (Lipinski definition) is 2. The number of amides is 2. The molecule has 0 aliphatic carbocycles. The summed E-state index contributed by atoms with van der Waals surface area (Å²) in [4.78, 5) is 16.1. The molecule has 1 fully saturated rings. The van der Waals surface area contributed by atoms with Crippen LogP contribution in [-0.4, -0.2) is 36.0 Å². The second-order valence-electron chi connectivity index (χ2n) is 5.68. The third-order valence-corrected chi connectivity index (χ3v) is 4.10. The van der Waals surface area contributed by atoms with Crippen molar-refractivity contribution in [1.82, 2.24) is 9.80 Å². The molecule has 2 rings (SSSR count). The minimum atomic E-state index is 0.0649. The molecule has 0 aromatic heterocycles. The number of piperidine rings is 1. The third-order valence-electron chi connectivity index (χ3n) is 3.73. The van der Waals surface area contributed by atoms with Crippen LogP contribution in [0.25, 0.3) is 0 Å². The zero-order valence-electron chi connectivity index (χ0n) is 12.1. The Labute approximate surface area is 125 Å². The van der Waals surface area contributed by atoms with Gasteiger partial charge in [-0.2, -0.15) is 0 Å². The summed E-state index contributed by atoms with van der Waals surface area (Å²) in [6, 6.07) is 5.42. The number of carbonyl (C=O) groups excluding carboxylic acids is 1. The fourth-order valence-corrected chi connectivity index (χ4v) is 2.82. The molecule has 4 nitrogen and oxygen atoms in total. The topological polar surface area (TPSA) is 49.6 Å². The number of likely N-dealkylation sites (tertiary alicyclic amines) is 1. The fraction of sp³-hybridized carbons (Fsp3) is 0.533. The largest absolute Gasteiger partial charge is 0.399 e. The van der Waals surface area contributed by atoms with E-state index in [9.17, 15) is 4.79 Å². The summed E-state index contributed by atoms with van der Waals surface area (Å²) in [6.45, 7) is 4.35. The minimum Gasteiger partial charge on any atom is -0.399 e. The zero-order valence-corrected chi connectivity index (χ0v) is 12.9. The second kappa shape index (κ2) is 6.35. The van der Waals surface area contributed by atoms with E-state index >= 15 is 0 Å². The predicted octanol–water partition coefficient (Wildman–Crippen LogP) is 3.21. The lowest BCUT2D eigenvalue weighted by Gasteiger charge is -2.34. The third kappa shape index (κ3) is 3.57. The molecule has 0 bridgehead atoms. The van der Waals surface area contributed by atoms with Crippen molar-refractivity contribution < 1.29 is 4.79 Å². The normalized spacial score (nSPS) is 18.9. The highest BCUT2D eigenvalue weighted by molar-refractivity contribution is 6.31. The van der Waals surface area contributed by atoms with Crippen molar-refractivity contribution in [2.75, 3.05) is 25.9 Å². The van der Waals surface area contributed by atoms with Crippen LogP contribution >= 0.6 is 11.6 Å². The van der Waals surface area contributed by atoms with Crippen molar-refractivity contribution in [2.24, 2.45) is 5.92 Å². The van der Waals surface area contributed by atoms with Gasteiger partial charge in [-0.3, -0.25) is 0 Å². The summed E-state index contributed by atoms with van der Waals surface area (Å²) >= 11 is 6.15. The van der Waals surface area contributed by atoms with Crippen LogP contribution in [0.2, 0.25) is 5.02 Å². The number of halogens is 1. The Morgan fingerprint density at radius 1 is 1.55 bits per heavy atom. The number of anilines is 1. The maximum absolute atomic E-state index is 12.4. The number of benzene rings is 1. The molecule has 110 valence electrons. The fourth-order valence-electron chi connectivity index (χ4n) is 2.64. The molecule has 0 radical (unpaired) electrons. The highest BCUT2D eigenvalue weighted by Gasteiger charge is 2.23. The van der Waals surface area contributed by atoms with Crippen molar-refractivity contribution >= 4 is 23.3 Å². The van der Waals surface area contributed by atoms with Crippen LogP contribution in [-0.2, 0) is 6.54 Å². The van der Waals surface area contributed by atoms with E-state index in [-0.39, 0.29) is 6.03 Å². The minimum absolute atomic E-state index is 0.0649.